The number of nitrogens with zero attached hydrogens (tertiary/aromatic N) is 4. The SMILES string of the molecule is CCc1ccc(C(CNC(=NC)NC2CCN(c3ncccc3F)C2)N(C)C)cc1.I. The normalized spacial score (nSPS) is 17.4. The fourth-order valence-electron chi connectivity index (χ4n) is 3.84. The van der Waals surface area contributed by atoms with Gasteiger partial charge in [0.15, 0.2) is 17.6 Å². The summed E-state index contributed by atoms with van der Waals surface area (Å²) in [5, 5.41) is 6.94. The van der Waals surface area contributed by atoms with E-state index in [1.54, 1.807) is 19.3 Å². The minimum atomic E-state index is -0.274. The van der Waals surface area contributed by atoms with Crippen molar-refractivity contribution in [3.05, 3.63) is 59.5 Å². The lowest BCUT2D eigenvalue weighted by Gasteiger charge is -2.27. The second-order valence-corrected chi connectivity index (χ2v) is 7.91. The lowest BCUT2D eigenvalue weighted by Crippen LogP contribution is -2.46. The number of hydrogen-bond donors (Lipinski definition) is 2. The minimum absolute atomic E-state index is 0. The topological polar surface area (TPSA) is 55.8 Å². The van der Waals surface area contributed by atoms with Crippen molar-refractivity contribution in [2.75, 3.05) is 45.7 Å². The molecule has 2 heterocycles. The summed E-state index contributed by atoms with van der Waals surface area (Å²) < 4.78 is 14.0. The molecule has 0 amide bonds. The lowest BCUT2D eigenvalue weighted by atomic mass is 10.0. The summed E-state index contributed by atoms with van der Waals surface area (Å²) in [6.45, 7) is 4.38. The van der Waals surface area contributed by atoms with Crippen molar-refractivity contribution in [1.82, 2.24) is 20.5 Å². The largest absolute Gasteiger partial charge is 0.354 e. The Morgan fingerprint density at radius 1 is 1.29 bits per heavy atom. The van der Waals surface area contributed by atoms with Gasteiger partial charge in [-0.2, -0.15) is 0 Å². The molecule has 1 aliphatic heterocycles. The molecule has 2 atom stereocenters. The Hall–Kier alpha value is -1.94. The first-order valence-electron chi connectivity index (χ1n) is 10.6. The van der Waals surface area contributed by atoms with Crippen molar-refractivity contribution in [3.8, 4) is 0 Å². The monoisotopic (exact) mass is 540 g/mol. The number of aliphatic imine (C=N–C) groups is 1. The number of anilines is 1. The van der Waals surface area contributed by atoms with Gasteiger partial charge in [-0.15, -0.1) is 24.0 Å². The van der Waals surface area contributed by atoms with Gasteiger partial charge < -0.3 is 20.4 Å². The Balaban J connectivity index is 0.00000341. The van der Waals surface area contributed by atoms with Gasteiger partial charge in [0.2, 0.25) is 0 Å². The Bertz CT molecular complexity index is 842. The molecular weight excluding hydrogens is 506 g/mol. The van der Waals surface area contributed by atoms with E-state index in [0.717, 1.165) is 31.9 Å². The molecule has 0 radical (unpaired) electrons. The third kappa shape index (κ3) is 6.77. The van der Waals surface area contributed by atoms with Gasteiger partial charge in [0, 0.05) is 38.9 Å². The van der Waals surface area contributed by atoms with Crippen LogP contribution in [0.15, 0.2) is 47.6 Å². The zero-order valence-corrected chi connectivity index (χ0v) is 21.1. The molecule has 2 aromatic rings. The summed E-state index contributed by atoms with van der Waals surface area (Å²) in [7, 11) is 5.96. The maximum atomic E-state index is 14.0. The van der Waals surface area contributed by atoms with Crippen molar-refractivity contribution < 1.29 is 4.39 Å². The molecule has 0 saturated carbocycles. The molecule has 1 aromatic heterocycles. The number of nitrogens with one attached hydrogen (secondary N) is 2. The van der Waals surface area contributed by atoms with Crippen LogP contribution in [0.2, 0.25) is 0 Å². The quantitative estimate of drug-likeness (QED) is 0.320. The number of hydrogen-bond acceptors (Lipinski definition) is 4. The number of benzene rings is 1. The smallest absolute Gasteiger partial charge is 0.191 e. The van der Waals surface area contributed by atoms with Gasteiger partial charge in [-0.25, -0.2) is 9.37 Å². The zero-order chi connectivity index (χ0) is 21.5. The van der Waals surface area contributed by atoms with Crippen LogP contribution in [-0.4, -0.2) is 62.7 Å². The van der Waals surface area contributed by atoms with Crippen molar-refractivity contribution >= 4 is 35.8 Å². The van der Waals surface area contributed by atoms with Gasteiger partial charge in [0.05, 0.1) is 6.04 Å². The van der Waals surface area contributed by atoms with E-state index in [4.69, 9.17) is 0 Å². The van der Waals surface area contributed by atoms with E-state index in [0.29, 0.717) is 12.4 Å². The van der Waals surface area contributed by atoms with E-state index in [9.17, 15) is 4.39 Å². The summed E-state index contributed by atoms with van der Waals surface area (Å²) >= 11 is 0. The van der Waals surface area contributed by atoms with Crippen molar-refractivity contribution in [2.24, 2.45) is 4.99 Å². The fourth-order valence-corrected chi connectivity index (χ4v) is 3.84. The molecule has 1 aliphatic rings. The summed E-state index contributed by atoms with van der Waals surface area (Å²) in [5.74, 6) is 0.914. The predicted molar refractivity (Wildman–Crippen MR) is 137 cm³/mol. The van der Waals surface area contributed by atoms with E-state index < -0.39 is 0 Å². The number of likely N-dealkylation sites (N-methyl/N-ethyl adjacent to an activating group) is 1. The molecule has 1 fully saturated rings. The van der Waals surface area contributed by atoms with E-state index in [1.807, 2.05) is 4.90 Å². The van der Waals surface area contributed by atoms with Gasteiger partial charge in [0.1, 0.15) is 0 Å². The number of halogens is 2. The number of aromatic nitrogens is 1. The maximum absolute atomic E-state index is 14.0. The molecule has 1 saturated heterocycles. The number of guanidine groups is 1. The van der Waals surface area contributed by atoms with Crippen LogP contribution in [0.1, 0.15) is 30.5 Å². The third-order valence-electron chi connectivity index (χ3n) is 5.65. The Kier molecular flexibility index (Phi) is 9.95. The highest BCUT2D eigenvalue weighted by molar-refractivity contribution is 14.0. The molecule has 3 rings (SSSR count). The first-order chi connectivity index (χ1) is 14.5. The van der Waals surface area contributed by atoms with Gasteiger partial charge in [-0.05, 0) is 50.2 Å². The van der Waals surface area contributed by atoms with Crippen LogP contribution in [-0.2, 0) is 6.42 Å². The number of pyridine rings is 1. The first-order valence-corrected chi connectivity index (χ1v) is 10.6. The molecule has 2 N–H and O–H groups in total. The van der Waals surface area contributed by atoms with Crippen LogP contribution < -0.4 is 15.5 Å². The van der Waals surface area contributed by atoms with Gasteiger partial charge >= 0.3 is 0 Å². The summed E-state index contributed by atoms with van der Waals surface area (Å²) in [4.78, 5) is 12.8. The first kappa shape index (κ1) is 25.3. The molecule has 1 aromatic carbocycles. The van der Waals surface area contributed by atoms with Crippen molar-refractivity contribution in [3.63, 3.8) is 0 Å². The molecule has 2 unspecified atom stereocenters. The molecule has 0 spiro atoms. The van der Waals surface area contributed by atoms with Crippen LogP contribution in [0.25, 0.3) is 0 Å². The molecule has 0 bridgehead atoms. The molecule has 0 aliphatic carbocycles. The van der Waals surface area contributed by atoms with Crippen molar-refractivity contribution in [2.45, 2.75) is 31.8 Å². The summed E-state index contributed by atoms with van der Waals surface area (Å²) in [6.07, 6.45) is 3.59. The van der Waals surface area contributed by atoms with Gasteiger partial charge in [0.25, 0.3) is 0 Å². The fraction of sp³-hybridized carbons (Fsp3) is 0.478. The number of aryl methyl sites for hydroxylation is 1. The van der Waals surface area contributed by atoms with E-state index >= 15 is 0 Å². The Morgan fingerprint density at radius 3 is 2.65 bits per heavy atom. The van der Waals surface area contributed by atoms with Crippen LogP contribution in [0.4, 0.5) is 10.2 Å². The van der Waals surface area contributed by atoms with Gasteiger partial charge in [-0.1, -0.05) is 31.2 Å². The van der Waals surface area contributed by atoms with Crippen LogP contribution in [0.5, 0.6) is 0 Å². The second kappa shape index (κ2) is 12.2. The number of rotatable bonds is 7. The average molecular weight is 540 g/mol. The second-order valence-electron chi connectivity index (χ2n) is 7.91. The molecule has 6 nitrogen and oxygen atoms in total. The lowest BCUT2D eigenvalue weighted by molar-refractivity contribution is 0.298. The standard InChI is InChI=1S/C23H33FN6.HI/c1-5-17-8-10-18(11-9-17)21(29(3)4)15-27-23(25-2)28-19-12-14-30(16-19)22-20(24)7-6-13-26-22;/h6-11,13,19,21H,5,12,14-16H2,1-4H3,(H2,25,27,28);1H. The average Bonchev–Trinajstić information content (AvgIpc) is 3.21. The van der Waals surface area contributed by atoms with E-state index in [-0.39, 0.29) is 41.9 Å². The highest BCUT2D eigenvalue weighted by Gasteiger charge is 2.26. The highest BCUT2D eigenvalue weighted by Crippen LogP contribution is 2.21. The predicted octanol–water partition coefficient (Wildman–Crippen LogP) is 3.45. The van der Waals surface area contributed by atoms with Crippen LogP contribution in [0.3, 0.4) is 0 Å². The summed E-state index contributed by atoms with van der Waals surface area (Å²) in [6, 6.07) is 12.3. The molecule has 170 valence electrons. The van der Waals surface area contributed by atoms with Crippen LogP contribution >= 0.6 is 24.0 Å². The minimum Gasteiger partial charge on any atom is -0.354 e. The molecular formula is C23H34FIN6. The summed E-state index contributed by atoms with van der Waals surface area (Å²) in [5.41, 5.74) is 2.62. The Labute approximate surface area is 202 Å². The van der Waals surface area contributed by atoms with E-state index in [2.05, 4.69) is 70.8 Å². The van der Waals surface area contributed by atoms with Crippen LogP contribution in [0, 0.1) is 5.82 Å². The molecule has 31 heavy (non-hydrogen) atoms. The Morgan fingerprint density at radius 2 is 2.03 bits per heavy atom. The highest BCUT2D eigenvalue weighted by atomic mass is 127. The third-order valence-corrected chi connectivity index (χ3v) is 5.65. The molecule has 8 heteroatoms. The zero-order valence-electron chi connectivity index (χ0n) is 18.8. The maximum Gasteiger partial charge on any atom is 0.191 e. The van der Waals surface area contributed by atoms with Gasteiger partial charge in [-0.3, -0.25) is 4.99 Å². The van der Waals surface area contributed by atoms with E-state index in [1.165, 1.54) is 17.2 Å². The van der Waals surface area contributed by atoms with Crippen molar-refractivity contribution in [1.29, 1.82) is 0 Å².